The minimum Gasteiger partial charge on any atom is -0.493 e. The number of hydrogen-bond acceptors (Lipinski definition) is 7. The molecule has 0 bridgehead atoms. The third-order valence-electron chi connectivity index (χ3n) is 4.37. The van der Waals surface area contributed by atoms with Crippen molar-refractivity contribution >= 4 is 40.1 Å². The number of nitrogens with zero attached hydrogens (tertiary/aromatic N) is 3. The summed E-state index contributed by atoms with van der Waals surface area (Å²) < 4.78 is 10.7. The highest BCUT2D eigenvalue weighted by molar-refractivity contribution is 6.33. The number of aromatic nitrogens is 3. The van der Waals surface area contributed by atoms with Gasteiger partial charge in [0.25, 0.3) is 0 Å². The van der Waals surface area contributed by atoms with E-state index < -0.39 is 0 Å². The van der Waals surface area contributed by atoms with Gasteiger partial charge in [0.1, 0.15) is 5.52 Å². The largest absolute Gasteiger partial charge is 0.493 e. The lowest BCUT2D eigenvalue weighted by Gasteiger charge is -2.12. The van der Waals surface area contributed by atoms with Crippen LogP contribution in [0.4, 0.5) is 17.5 Å². The molecule has 0 unspecified atom stereocenters. The predicted molar refractivity (Wildman–Crippen MR) is 115 cm³/mol. The van der Waals surface area contributed by atoms with Crippen LogP contribution in [0.5, 0.6) is 11.5 Å². The van der Waals surface area contributed by atoms with Crippen molar-refractivity contribution in [3.63, 3.8) is 0 Å². The average Bonchev–Trinajstić information content (AvgIpc) is 2.74. The molecule has 0 aliphatic rings. The number of halogens is 1. The third kappa shape index (κ3) is 3.72. The Morgan fingerprint density at radius 1 is 0.897 bits per heavy atom. The van der Waals surface area contributed by atoms with Crippen molar-refractivity contribution in [1.82, 2.24) is 15.0 Å². The Morgan fingerprint density at radius 2 is 1.69 bits per heavy atom. The number of methoxy groups -OCH3 is 2. The molecule has 0 atom stereocenters. The van der Waals surface area contributed by atoms with Crippen molar-refractivity contribution in [2.24, 2.45) is 0 Å². The molecular formula is C21H18ClN5O2. The van der Waals surface area contributed by atoms with E-state index in [1.165, 1.54) is 0 Å². The van der Waals surface area contributed by atoms with Crippen LogP contribution in [-0.4, -0.2) is 29.2 Å². The maximum absolute atomic E-state index is 6.27. The zero-order valence-electron chi connectivity index (χ0n) is 15.8. The van der Waals surface area contributed by atoms with E-state index in [1.807, 2.05) is 48.5 Å². The van der Waals surface area contributed by atoms with E-state index in [-0.39, 0.29) is 5.95 Å². The van der Waals surface area contributed by atoms with E-state index in [4.69, 9.17) is 31.8 Å². The zero-order valence-corrected chi connectivity index (χ0v) is 16.6. The maximum atomic E-state index is 6.27. The van der Waals surface area contributed by atoms with Gasteiger partial charge in [0.2, 0.25) is 5.95 Å². The predicted octanol–water partition coefficient (Wildman–Crippen LogP) is 4.69. The fraction of sp³-hybridized carbons (Fsp3) is 0.0952. The number of benzene rings is 2. The SMILES string of the molecule is COc1ccc(-c2ccc3nc(N)nc(Nc4ccccc4Cl)c3n2)cc1OC. The molecule has 0 fully saturated rings. The molecule has 3 N–H and O–H groups in total. The lowest BCUT2D eigenvalue weighted by atomic mass is 10.1. The molecule has 8 heteroatoms. The summed E-state index contributed by atoms with van der Waals surface area (Å²) >= 11 is 6.27. The standard InChI is InChI=1S/C21H18ClN5O2/c1-28-17-10-7-12(11-18(17)29-2)14-8-9-16-19(24-14)20(27-21(23)26-16)25-15-6-4-3-5-13(15)22/h3-11H,1-2H3,(H3,23,25,26,27). The Bertz CT molecular complexity index is 1200. The van der Waals surface area contributed by atoms with Gasteiger partial charge in [0, 0.05) is 5.56 Å². The third-order valence-corrected chi connectivity index (χ3v) is 4.70. The molecular weight excluding hydrogens is 390 g/mol. The first kappa shape index (κ1) is 18.8. The van der Waals surface area contributed by atoms with Gasteiger partial charge in [-0.1, -0.05) is 23.7 Å². The summed E-state index contributed by atoms with van der Waals surface area (Å²) in [6, 6.07) is 16.7. The summed E-state index contributed by atoms with van der Waals surface area (Å²) in [5.41, 5.74) is 9.38. The van der Waals surface area contributed by atoms with E-state index in [0.717, 1.165) is 11.3 Å². The molecule has 0 aliphatic heterocycles. The quantitative estimate of drug-likeness (QED) is 0.495. The molecule has 146 valence electrons. The van der Waals surface area contributed by atoms with Crippen LogP contribution in [0.25, 0.3) is 22.3 Å². The van der Waals surface area contributed by atoms with Crippen LogP contribution in [0.15, 0.2) is 54.6 Å². The Labute approximate surface area is 172 Å². The minimum atomic E-state index is 0.146. The van der Waals surface area contributed by atoms with Crippen LogP contribution in [0.1, 0.15) is 0 Å². The molecule has 0 saturated heterocycles. The fourth-order valence-electron chi connectivity index (χ4n) is 2.97. The van der Waals surface area contributed by atoms with E-state index in [9.17, 15) is 0 Å². The van der Waals surface area contributed by atoms with Crippen LogP contribution in [0.2, 0.25) is 5.02 Å². The van der Waals surface area contributed by atoms with Crippen molar-refractivity contribution in [2.45, 2.75) is 0 Å². The first-order chi connectivity index (χ1) is 14.1. The number of nitrogens with two attached hydrogens (primary N) is 1. The second-order valence-corrected chi connectivity index (χ2v) is 6.58. The van der Waals surface area contributed by atoms with Crippen LogP contribution in [0, 0.1) is 0 Å². The van der Waals surface area contributed by atoms with E-state index in [1.54, 1.807) is 20.3 Å². The first-order valence-corrected chi connectivity index (χ1v) is 9.15. The van der Waals surface area contributed by atoms with Crippen LogP contribution in [0.3, 0.4) is 0 Å². The second-order valence-electron chi connectivity index (χ2n) is 6.17. The number of nitrogen functional groups attached to an aromatic ring is 1. The Balaban J connectivity index is 1.83. The molecule has 0 radical (unpaired) electrons. The molecule has 4 aromatic rings. The maximum Gasteiger partial charge on any atom is 0.222 e. The molecule has 29 heavy (non-hydrogen) atoms. The van der Waals surface area contributed by atoms with Crippen molar-refractivity contribution in [3.8, 4) is 22.8 Å². The van der Waals surface area contributed by atoms with Crippen molar-refractivity contribution in [1.29, 1.82) is 0 Å². The number of hydrogen-bond donors (Lipinski definition) is 2. The zero-order chi connectivity index (χ0) is 20.4. The molecule has 0 amide bonds. The minimum absolute atomic E-state index is 0.146. The number of rotatable bonds is 5. The van der Waals surface area contributed by atoms with E-state index in [0.29, 0.717) is 39.1 Å². The molecule has 0 saturated carbocycles. The van der Waals surface area contributed by atoms with E-state index in [2.05, 4.69) is 15.3 Å². The van der Waals surface area contributed by atoms with Crippen molar-refractivity contribution in [3.05, 3.63) is 59.6 Å². The molecule has 2 aromatic carbocycles. The van der Waals surface area contributed by atoms with Crippen LogP contribution in [-0.2, 0) is 0 Å². The highest BCUT2D eigenvalue weighted by atomic mass is 35.5. The average molecular weight is 408 g/mol. The van der Waals surface area contributed by atoms with Crippen LogP contribution >= 0.6 is 11.6 Å². The molecule has 2 heterocycles. The van der Waals surface area contributed by atoms with Gasteiger partial charge in [-0.15, -0.1) is 0 Å². The summed E-state index contributed by atoms with van der Waals surface area (Å²) in [6.07, 6.45) is 0. The number of para-hydroxylation sites is 1. The van der Waals surface area contributed by atoms with Crippen LogP contribution < -0.4 is 20.5 Å². The lowest BCUT2D eigenvalue weighted by molar-refractivity contribution is 0.355. The van der Waals surface area contributed by atoms with E-state index >= 15 is 0 Å². The van der Waals surface area contributed by atoms with Gasteiger partial charge in [-0.2, -0.15) is 4.98 Å². The molecule has 7 nitrogen and oxygen atoms in total. The summed E-state index contributed by atoms with van der Waals surface area (Å²) in [6.45, 7) is 0. The number of nitrogens with one attached hydrogen (secondary N) is 1. The molecule has 0 spiro atoms. The Kier molecular flexibility index (Phi) is 5.05. The van der Waals surface area contributed by atoms with Gasteiger partial charge in [0.15, 0.2) is 17.3 Å². The normalized spacial score (nSPS) is 10.7. The van der Waals surface area contributed by atoms with Gasteiger partial charge in [-0.25, -0.2) is 9.97 Å². The van der Waals surface area contributed by atoms with Gasteiger partial charge in [-0.3, -0.25) is 0 Å². The van der Waals surface area contributed by atoms with Crippen molar-refractivity contribution in [2.75, 3.05) is 25.3 Å². The van der Waals surface area contributed by atoms with Gasteiger partial charge >= 0.3 is 0 Å². The smallest absolute Gasteiger partial charge is 0.222 e. The Hall–Kier alpha value is -3.58. The van der Waals surface area contributed by atoms with Gasteiger partial charge in [0.05, 0.1) is 36.1 Å². The topological polar surface area (TPSA) is 95.2 Å². The number of pyridine rings is 1. The van der Waals surface area contributed by atoms with Crippen molar-refractivity contribution < 1.29 is 9.47 Å². The Morgan fingerprint density at radius 3 is 2.45 bits per heavy atom. The molecule has 0 aliphatic carbocycles. The molecule has 2 aromatic heterocycles. The van der Waals surface area contributed by atoms with Gasteiger partial charge < -0.3 is 20.5 Å². The lowest BCUT2D eigenvalue weighted by Crippen LogP contribution is -2.03. The highest BCUT2D eigenvalue weighted by Gasteiger charge is 2.13. The first-order valence-electron chi connectivity index (χ1n) is 8.77. The summed E-state index contributed by atoms with van der Waals surface area (Å²) in [5.74, 6) is 1.89. The number of fused-ring (bicyclic) bond motifs is 1. The second kappa shape index (κ2) is 7.81. The summed E-state index contributed by atoms with van der Waals surface area (Å²) in [7, 11) is 3.19. The van der Waals surface area contributed by atoms with Gasteiger partial charge in [-0.05, 0) is 42.5 Å². The molecule has 4 rings (SSSR count). The summed E-state index contributed by atoms with van der Waals surface area (Å²) in [4.78, 5) is 13.4. The fourth-order valence-corrected chi connectivity index (χ4v) is 3.15. The summed E-state index contributed by atoms with van der Waals surface area (Å²) in [5, 5.41) is 3.77. The highest BCUT2D eigenvalue weighted by Crippen LogP contribution is 2.33. The monoisotopic (exact) mass is 407 g/mol. The number of ether oxygens (including phenoxy) is 2. The number of anilines is 3.